The molecule has 0 aromatic heterocycles. The second-order valence-corrected chi connectivity index (χ2v) is 3.56. The lowest BCUT2D eigenvalue weighted by atomic mass is 10.0. The Labute approximate surface area is 105 Å². The van der Waals surface area contributed by atoms with Crippen LogP contribution in [0.15, 0.2) is 24.8 Å². The first kappa shape index (κ1) is 14.0. The highest BCUT2D eigenvalue weighted by Gasteiger charge is 2.23. The highest BCUT2D eigenvalue weighted by atomic mass is 16.6. The number of aliphatic hydroxyl groups excluding tert-OH is 1. The lowest BCUT2D eigenvalue weighted by molar-refractivity contribution is -0.386. The minimum Gasteiger partial charge on any atom is -0.493 e. The van der Waals surface area contributed by atoms with Gasteiger partial charge < -0.3 is 14.6 Å². The molecule has 1 aromatic rings. The molecule has 1 atom stereocenters. The molecule has 0 saturated carbocycles. The van der Waals surface area contributed by atoms with E-state index in [1.54, 1.807) is 0 Å². The largest absolute Gasteiger partial charge is 0.493 e. The van der Waals surface area contributed by atoms with Gasteiger partial charge in [-0.15, -0.1) is 6.58 Å². The van der Waals surface area contributed by atoms with Crippen LogP contribution in [-0.4, -0.2) is 24.2 Å². The monoisotopic (exact) mass is 253 g/mol. The SMILES string of the molecule is C=CCC(O)c1cc(OC)c(OC)cc1[N+](=O)[O-]. The van der Waals surface area contributed by atoms with Crippen molar-refractivity contribution in [3.05, 3.63) is 40.5 Å². The molecule has 6 heteroatoms. The molecule has 0 aliphatic heterocycles. The van der Waals surface area contributed by atoms with Crippen LogP contribution in [0.1, 0.15) is 18.1 Å². The van der Waals surface area contributed by atoms with E-state index in [2.05, 4.69) is 6.58 Å². The lowest BCUT2D eigenvalue weighted by Crippen LogP contribution is -2.03. The van der Waals surface area contributed by atoms with E-state index in [0.29, 0.717) is 5.75 Å². The van der Waals surface area contributed by atoms with Gasteiger partial charge in [-0.3, -0.25) is 10.1 Å². The number of nitro benzene ring substituents is 1. The van der Waals surface area contributed by atoms with E-state index < -0.39 is 11.0 Å². The predicted molar refractivity (Wildman–Crippen MR) is 66.0 cm³/mol. The highest BCUT2D eigenvalue weighted by molar-refractivity contribution is 5.55. The van der Waals surface area contributed by atoms with Crippen LogP contribution in [0.25, 0.3) is 0 Å². The third-order valence-electron chi connectivity index (χ3n) is 2.48. The zero-order chi connectivity index (χ0) is 13.7. The Balaban J connectivity index is 3.37. The van der Waals surface area contributed by atoms with Gasteiger partial charge in [0, 0.05) is 0 Å². The van der Waals surface area contributed by atoms with Gasteiger partial charge in [0.15, 0.2) is 11.5 Å². The maximum absolute atomic E-state index is 11.0. The molecule has 0 aliphatic carbocycles. The van der Waals surface area contributed by atoms with Gasteiger partial charge >= 0.3 is 0 Å². The molecular weight excluding hydrogens is 238 g/mol. The fourth-order valence-electron chi connectivity index (χ4n) is 1.59. The zero-order valence-corrected chi connectivity index (χ0v) is 10.3. The van der Waals surface area contributed by atoms with Crippen LogP contribution < -0.4 is 9.47 Å². The standard InChI is InChI=1S/C12H15NO5/c1-4-5-10(14)8-6-11(17-2)12(18-3)7-9(8)13(15)16/h4,6-7,10,14H,1,5H2,2-3H3. The normalized spacial score (nSPS) is 11.7. The van der Waals surface area contributed by atoms with Gasteiger partial charge in [0.2, 0.25) is 0 Å². The summed E-state index contributed by atoms with van der Waals surface area (Å²) in [6, 6.07) is 2.64. The van der Waals surface area contributed by atoms with Gasteiger partial charge in [-0.05, 0) is 12.5 Å². The summed E-state index contributed by atoms with van der Waals surface area (Å²) in [7, 11) is 2.81. The molecule has 0 bridgehead atoms. The summed E-state index contributed by atoms with van der Waals surface area (Å²) in [5.74, 6) is 0.583. The van der Waals surface area contributed by atoms with E-state index in [-0.39, 0.29) is 23.4 Å². The number of methoxy groups -OCH3 is 2. The van der Waals surface area contributed by atoms with Crippen molar-refractivity contribution in [1.29, 1.82) is 0 Å². The fourth-order valence-corrected chi connectivity index (χ4v) is 1.59. The molecule has 0 spiro atoms. The Morgan fingerprint density at radius 2 is 2.00 bits per heavy atom. The average molecular weight is 253 g/mol. The van der Waals surface area contributed by atoms with Crippen LogP contribution >= 0.6 is 0 Å². The molecule has 6 nitrogen and oxygen atoms in total. The van der Waals surface area contributed by atoms with Crippen molar-refractivity contribution in [1.82, 2.24) is 0 Å². The summed E-state index contributed by atoms with van der Waals surface area (Å²) in [5, 5.41) is 20.8. The third kappa shape index (κ3) is 2.78. The average Bonchev–Trinajstić information content (AvgIpc) is 2.37. The van der Waals surface area contributed by atoms with Gasteiger partial charge in [0.05, 0.1) is 36.9 Å². The molecule has 0 radical (unpaired) electrons. The van der Waals surface area contributed by atoms with Crippen LogP contribution in [0.4, 0.5) is 5.69 Å². The minimum atomic E-state index is -0.997. The molecular formula is C12H15NO5. The van der Waals surface area contributed by atoms with Crippen LogP contribution in [0.2, 0.25) is 0 Å². The van der Waals surface area contributed by atoms with Crippen molar-refractivity contribution in [2.45, 2.75) is 12.5 Å². The van der Waals surface area contributed by atoms with E-state index in [1.165, 1.54) is 32.4 Å². The quantitative estimate of drug-likeness (QED) is 0.477. The van der Waals surface area contributed by atoms with Gasteiger partial charge in [0.25, 0.3) is 5.69 Å². The molecule has 0 amide bonds. The molecule has 0 fully saturated rings. The van der Waals surface area contributed by atoms with Crippen LogP contribution in [-0.2, 0) is 0 Å². The summed E-state index contributed by atoms with van der Waals surface area (Å²) in [6.45, 7) is 3.49. The number of ether oxygens (including phenoxy) is 2. The fraction of sp³-hybridized carbons (Fsp3) is 0.333. The molecule has 1 aromatic carbocycles. The number of aliphatic hydroxyl groups is 1. The maximum Gasteiger partial charge on any atom is 0.279 e. The third-order valence-corrected chi connectivity index (χ3v) is 2.48. The number of hydrogen-bond donors (Lipinski definition) is 1. The molecule has 0 heterocycles. The summed E-state index contributed by atoms with van der Waals surface area (Å²) in [6.07, 6.45) is 0.712. The molecule has 0 saturated heterocycles. The number of nitro groups is 1. The summed E-state index contributed by atoms with van der Waals surface area (Å²) in [5.41, 5.74) is -0.0282. The van der Waals surface area contributed by atoms with Crippen molar-refractivity contribution in [2.24, 2.45) is 0 Å². The Morgan fingerprint density at radius 3 is 2.44 bits per heavy atom. The maximum atomic E-state index is 11.0. The molecule has 1 rings (SSSR count). The Kier molecular flexibility index (Phi) is 4.67. The molecule has 98 valence electrons. The lowest BCUT2D eigenvalue weighted by Gasteiger charge is -2.13. The van der Waals surface area contributed by atoms with E-state index in [4.69, 9.17) is 9.47 Å². The van der Waals surface area contributed by atoms with Crippen molar-refractivity contribution in [3.63, 3.8) is 0 Å². The van der Waals surface area contributed by atoms with Gasteiger partial charge in [-0.25, -0.2) is 0 Å². The van der Waals surface area contributed by atoms with E-state index >= 15 is 0 Å². The van der Waals surface area contributed by atoms with Crippen LogP contribution in [0, 0.1) is 10.1 Å². The van der Waals surface area contributed by atoms with Crippen molar-refractivity contribution >= 4 is 5.69 Å². The second-order valence-electron chi connectivity index (χ2n) is 3.56. The number of rotatable bonds is 6. The topological polar surface area (TPSA) is 81.8 Å². The van der Waals surface area contributed by atoms with Crippen molar-refractivity contribution in [3.8, 4) is 11.5 Å². The van der Waals surface area contributed by atoms with Crippen LogP contribution in [0.3, 0.4) is 0 Å². The summed E-state index contributed by atoms with van der Waals surface area (Å²) < 4.78 is 10.0. The number of benzene rings is 1. The zero-order valence-electron chi connectivity index (χ0n) is 10.3. The summed E-state index contributed by atoms with van der Waals surface area (Å²) in [4.78, 5) is 10.4. The Bertz CT molecular complexity index is 458. The molecule has 18 heavy (non-hydrogen) atoms. The number of nitrogens with zero attached hydrogens (tertiary/aromatic N) is 1. The van der Waals surface area contributed by atoms with Gasteiger partial charge in [-0.1, -0.05) is 6.08 Å². The summed E-state index contributed by atoms with van der Waals surface area (Å²) >= 11 is 0. The number of hydrogen-bond acceptors (Lipinski definition) is 5. The van der Waals surface area contributed by atoms with E-state index in [9.17, 15) is 15.2 Å². The first-order valence-electron chi connectivity index (χ1n) is 5.24. The Hall–Kier alpha value is -2.08. The Morgan fingerprint density at radius 1 is 1.44 bits per heavy atom. The molecule has 1 unspecified atom stereocenters. The van der Waals surface area contributed by atoms with E-state index in [1.807, 2.05) is 0 Å². The molecule has 1 N–H and O–H groups in total. The smallest absolute Gasteiger partial charge is 0.279 e. The van der Waals surface area contributed by atoms with Crippen LogP contribution in [0.5, 0.6) is 11.5 Å². The van der Waals surface area contributed by atoms with E-state index in [0.717, 1.165) is 0 Å². The second kappa shape index (κ2) is 6.02. The first-order chi connectivity index (χ1) is 8.54. The van der Waals surface area contributed by atoms with Crippen molar-refractivity contribution < 1.29 is 19.5 Å². The van der Waals surface area contributed by atoms with Gasteiger partial charge in [-0.2, -0.15) is 0 Å². The van der Waals surface area contributed by atoms with Crippen molar-refractivity contribution in [2.75, 3.05) is 14.2 Å². The molecule has 0 aliphatic rings. The predicted octanol–water partition coefficient (Wildman–Crippen LogP) is 2.22. The highest BCUT2D eigenvalue weighted by Crippen LogP contribution is 2.38. The first-order valence-corrected chi connectivity index (χ1v) is 5.24. The minimum absolute atomic E-state index is 0.178. The van der Waals surface area contributed by atoms with Gasteiger partial charge in [0.1, 0.15) is 0 Å².